The highest BCUT2D eigenvalue weighted by Crippen LogP contribution is 2.33. The van der Waals surface area contributed by atoms with Crippen molar-refractivity contribution in [3.63, 3.8) is 0 Å². The summed E-state index contributed by atoms with van der Waals surface area (Å²) >= 11 is 5.95. The fourth-order valence-corrected chi connectivity index (χ4v) is 3.39. The van der Waals surface area contributed by atoms with E-state index < -0.39 is 4.92 Å². The van der Waals surface area contributed by atoms with Gasteiger partial charge in [-0.05, 0) is 27.8 Å². The molecule has 1 rings (SSSR count). The highest BCUT2D eigenvalue weighted by Gasteiger charge is 2.11. The number of nitro benzene ring substituents is 1. The molecule has 9 heteroatoms. The molecule has 6 nitrogen and oxygen atoms in total. The van der Waals surface area contributed by atoms with Crippen molar-refractivity contribution in [3.05, 3.63) is 33.3 Å². The van der Waals surface area contributed by atoms with Crippen molar-refractivity contribution < 1.29 is 4.92 Å². The molecule has 0 fully saturated rings. The highest BCUT2D eigenvalue weighted by atomic mass is 35.5. The number of non-ortho nitro benzene ring substituents is 1. The molecule has 0 aliphatic carbocycles. The van der Waals surface area contributed by atoms with Gasteiger partial charge in [-0.15, -0.1) is 0 Å². The van der Waals surface area contributed by atoms with Crippen LogP contribution in [0.4, 0.5) is 11.4 Å². The molecule has 0 spiro atoms. The van der Waals surface area contributed by atoms with Gasteiger partial charge >= 0.3 is 0 Å². The predicted octanol–water partition coefficient (Wildman–Crippen LogP) is 4.44. The smallest absolute Gasteiger partial charge is 0.258 e. The number of hydrogen-bond donors (Lipinski definition) is 0. The first-order valence-corrected chi connectivity index (χ1v) is 8.52. The van der Waals surface area contributed by atoms with Crippen LogP contribution in [0.15, 0.2) is 23.2 Å². The Hall–Kier alpha value is -1.27. The van der Waals surface area contributed by atoms with Crippen LogP contribution in [0.3, 0.4) is 0 Å². The molecule has 1 aromatic rings. The second-order valence-corrected chi connectivity index (χ2v) is 6.27. The highest BCUT2D eigenvalue weighted by molar-refractivity contribution is 8.81. The predicted molar refractivity (Wildman–Crippen MR) is 88.9 cm³/mol. The first-order chi connectivity index (χ1) is 10.0. The minimum Gasteiger partial charge on any atom is -0.258 e. The fourth-order valence-electron chi connectivity index (χ4n) is 1.29. The summed E-state index contributed by atoms with van der Waals surface area (Å²) in [5, 5.41) is 20.3. The summed E-state index contributed by atoms with van der Waals surface area (Å²) in [5.41, 5.74) is 0.104. The van der Waals surface area contributed by atoms with Gasteiger partial charge in [-0.2, -0.15) is 5.26 Å². The van der Waals surface area contributed by atoms with Gasteiger partial charge in [0.25, 0.3) is 5.69 Å². The molecule has 0 unspecified atom stereocenters. The lowest BCUT2D eigenvalue weighted by Crippen LogP contribution is -2.12. The van der Waals surface area contributed by atoms with Crippen molar-refractivity contribution >= 4 is 49.8 Å². The number of hydrogen-bond acceptors (Lipinski definition) is 7. The Kier molecular flexibility index (Phi) is 7.53. The Morgan fingerprint density at radius 2 is 2.19 bits per heavy atom. The summed E-state index contributed by atoms with van der Waals surface area (Å²) in [6.45, 7) is 5.70. The lowest BCUT2D eigenvalue weighted by Gasteiger charge is -2.14. The van der Waals surface area contributed by atoms with Crippen LogP contribution in [0.2, 0.25) is 5.02 Å². The molecule has 0 aliphatic rings. The number of nitrogens with zero attached hydrogens (tertiary/aromatic N) is 4. The summed E-state index contributed by atoms with van der Waals surface area (Å²) in [7, 11) is 2.61. The van der Waals surface area contributed by atoms with Crippen molar-refractivity contribution in [1.82, 2.24) is 4.31 Å². The number of benzene rings is 1. The molecule has 0 aliphatic heterocycles. The molecule has 0 saturated heterocycles. The number of aliphatic imine (C=N–C) groups is 1. The van der Waals surface area contributed by atoms with Crippen LogP contribution in [-0.4, -0.2) is 27.4 Å². The molecule has 0 heterocycles. The second-order valence-electron chi connectivity index (χ2n) is 3.69. The molecule has 0 radical (unpaired) electrons. The molecular formula is C12H13ClN4O2S2. The molecule has 112 valence electrons. The van der Waals surface area contributed by atoms with Gasteiger partial charge in [0.05, 0.1) is 15.6 Å². The summed E-state index contributed by atoms with van der Waals surface area (Å²) in [5.74, 6) is 0. The van der Waals surface area contributed by atoms with Gasteiger partial charge in [-0.25, -0.2) is 9.30 Å². The molecule has 0 aromatic heterocycles. The molecular weight excluding hydrogens is 332 g/mol. The van der Waals surface area contributed by atoms with E-state index in [1.807, 2.05) is 24.2 Å². The van der Waals surface area contributed by atoms with Crippen LogP contribution in [-0.2, 0) is 0 Å². The topological polar surface area (TPSA) is 82.5 Å². The lowest BCUT2D eigenvalue weighted by atomic mass is 10.3. The van der Waals surface area contributed by atoms with Gasteiger partial charge in [0.2, 0.25) is 0 Å². The van der Waals surface area contributed by atoms with Crippen LogP contribution in [0, 0.1) is 21.4 Å². The van der Waals surface area contributed by atoms with Gasteiger partial charge in [0, 0.05) is 25.2 Å². The van der Waals surface area contributed by atoms with E-state index in [0.717, 1.165) is 13.1 Å². The van der Waals surface area contributed by atoms with Gasteiger partial charge in [0.1, 0.15) is 6.07 Å². The Labute approximate surface area is 135 Å². The maximum absolute atomic E-state index is 10.7. The van der Waals surface area contributed by atoms with E-state index >= 15 is 0 Å². The zero-order valence-electron chi connectivity index (χ0n) is 11.4. The van der Waals surface area contributed by atoms with Crippen LogP contribution < -0.4 is 0 Å². The van der Waals surface area contributed by atoms with E-state index in [1.54, 1.807) is 0 Å². The maximum atomic E-state index is 10.7. The number of nitriles is 1. The standard InChI is InChI=1S/C12H13ClN4O2S2/c1-3-16(4-2)21-20-12(8-14)15-11-7-9(17(18)19)5-6-10(11)13/h5-7H,3-4H2,1-2H3. The van der Waals surface area contributed by atoms with Crippen LogP contribution in [0.25, 0.3) is 0 Å². The van der Waals surface area contributed by atoms with E-state index in [-0.39, 0.29) is 21.4 Å². The summed E-state index contributed by atoms with van der Waals surface area (Å²) in [4.78, 5) is 14.3. The van der Waals surface area contributed by atoms with Crippen molar-refractivity contribution in [1.29, 1.82) is 5.26 Å². The minimum absolute atomic E-state index is 0.114. The average Bonchev–Trinajstić information content (AvgIpc) is 2.48. The van der Waals surface area contributed by atoms with Crippen molar-refractivity contribution in [3.8, 4) is 6.07 Å². The summed E-state index contributed by atoms with van der Waals surface area (Å²) < 4.78 is 2.05. The van der Waals surface area contributed by atoms with Crippen molar-refractivity contribution in [2.24, 2.45) is 4.99 Å². The SMILES string of the molecule is CCN(CC)SSC(C#N)=Nc1cc([N+](=O)[O-])ccc1Cl. The van der Waals surface area contributed by atoms with Crippen LogP contribution >= 0.6 is 33.4 Å². The molecule has 1 aromatic carbocycles. The largest absolute Gasteiger partial charge is 0.271 e. The third kappa shape index (κ3) is 5.55. The van der Waals surface area contributed by atoms with Crippen molar-refractivity contribution in [2.45, 2.75) is 13.8 Å². The van der Waals surface area contributed by atoms with E-state index in [2.05, 4.69) is 4.99 Å². The average molecular weight is 345 g/mol. The first-order valence-electron chi connectivity index (χ1n) is 6.04. The Balaban J connectivity index is 2.95. The first kappa shape index (κ1) is 17.8. The van der Waals surface area contributed by atoms with Gasteiger partial charge < -0.3 is 0 Å². The minimum atomic E-state index is -0.529. The van der Waals surface area contributed by atoms with Crippen LogP contribution in [0.5, 0.6) is 0 Å². The number of nitro groups is 1. The molecule has 0 atom stereocenters. The van der Waals surface area contributed by atoms with E-state index in [1.165, 1.54) is 40.0 Å². The zero-order chi connectivity index (χ0) is 15.8. The van der Waals surface area contributed by atoms with E-state index in [9.17, 15) is 10.1 Å². The maximum Gasteiger partial charge on any atom is 0.271 e. The van der Waals surface area contributed by atoms with E-state index in [4.69, 9.17) is 16.9 Å². The third-order valence-corrected chi connectivity index (χ3v) is 5.18. The quantitative estimate of drug-likeness (QED) is 0.189. The number of halogens is 1. The lowest BCUT2D eigenvalue weighted by molar-refractivity contribution is -0.384. The number of rotatable bonds is 6. The van der Waals surface area contributed by atoms with Gasteiger partial charge in [-0.1, -0.05) is 25.4 Å². The Morgan fingerprint density at radius 1 is 1.52 bits per heavy atom. The normalized spacial score (nSPS) is 11.5. The van der Waals surface area contributed by atoms with Crippen LogP contribution in [0.1, 0.15) is 13.8 Å². The van der Waals surface area contributed by atoms with E-state index in [0.29, 0.717) is 0 Å². The summed E-state index contributed by atoms with van der Waals surface area (Å²) in [6, 6.07) is 5.91. The third-order valence-electron chi connectivity index (χ3n) is 2.39. The molecule has 0 amide bonds. The summed E-state index contributed by atoms with van der Waals surface area (Å²) in [6.07, 6.45) is 0. The van der Waals surface area contributed by atoms with Gasteiger partial charge in [-0.3, -0.25) is 10.1 Å². The second kappa shape index (κ2) is 8.89. The molecule has 0 N–H and O–H groups in total. The monoisotopic (exact) mass is 344 g/mol. The zero-order valence-corrected chi connectivity index (χ0v) is 13.8. The molecule has 0 bridgehead atoms. The fraction of sp³-hybridized carbons (Fsp3) is 0.333. The molecule has 0 saturated carbocycles. The Bertz CT molecular complexity index is 585. The Morgan fingerprint density at radius 3 is 2.71 bits per heavy atom. The van der Waals surface area contributed by atoms with Crippen molar-refractivity contribution in [2.75, 3.05) is 13.1 Å². The van der Waals surface area contributed by atoms with Gasteiger partial charge in [0.15, 0.2) is 5.04 Å². The molecule has 21 heavy (non-hydrogen) atoms.